The van der Waals surface area contributed by atoms with Crippen molar-refractivity contribution in [2.75, 3.05) is 10.6 Å². The number of hydrogen-bond acceptors (Lipinski definition) is 4. The van der Waals surface area contributed by atoms with Crippen LogP contribution in [0.3, 0.4) is 0 Å². The van der Waals surface area contributed by atoms with Gasteiger partial charge in [-0.25, -0.2) is 9.97 Å². The summed E-state index contributed by atoms with van der Waals surface area (Å²) in [4.78, 5) is 10.3. The number of benzene rings is 1. The smallest absolute Gasteiger partial charge is 0.151 e. The summed E-state index contributed by atoms with van der Waals surface area (Å²) >= 11 is 6.17. The Morgan fingerprint density at radius 2 is 1.95 bits per heavy atom. The Kier molecular flexibility index (Phi) is 4.22. The van der Waals surface area contributed by atoms with E-state index in [9.17, 15) is 0 Å². The van der Waals surface area contributed by atoms with Crippen LogP contribution in [0.1, 0.15) is 19.4 Å². The highest BCUT2D eigenvalue weighted by molar-refractivity contribution is 6.32. The molecular weight excluding hydrogens is 260 g/mol. The molecule has 0 aliphatic heterocycles. The molecule has 0 saturated heterocycles. The van der Waals surface area contributed by atoms with Crippen molar-refractivity contribution < 1.29 is 0 Å². The Labute approximate surface area is 118 Å². The number of nitrogens with zero attached hydrogens (tertiary/aromatic N) is 3. The van der Waals surface area contributed by atoms with Crippen LogP contribution in [0.25, 0.3) is 0 Å². The fourth-order valence-corrected chi connectivity index (χ4v) is 2.05. The summed E-state index contributed by atoms with van der Waals surface area (Å²) in [5.41, 5.74) is 7.63. The van der Waals surface area contributed by atoms with Gasteiger partial charge in [-0.05, 0) is 31.5 Å². The van der Waals surface area contributed by atoms with Crippen LogP contribution in [-0.2, 0) is 6.54 Å². The average Bonchev–Trinajstić information content (AvgIpc) is 2.39. The highest BCUT2D eigenvalue weighted by Crippen LogP contribution is 2.25. The van der Waals surface area contributed by atoms with Gasteiger partial charge in [0.2, 0.25) is 0 Å². The zero-order valence-corrected chi connectivity index (χ0v) is 11.8. The molecule has 0 aliphatic rings. The van der Waals surface area contributed by atoms with Gasteiger partial charge in [-0.15, -0.1) is 0 Å². The minimum absolute atomic E-state index is 0.282. The average molecular weight is 277 g/mol. The zero-order valence-electron chi connectivity index (χ0n) is 11.0. The van der Waals surface area contributed by atoms with Crippen molar-refractivity contribution in [2.45, 2.75) is 26.4 Å². The van der Waals surface area contributed by atoms with Crippen molar-refractivity contribution >= 4 is 23.1 Å². The first-order chi connectivity index (χ1) is 9.08. The lowest BCUT2D eigenvalue weighted by Crippen LogP contribution is -2.31. The predicted molar refractivity (Wildman–Crippen MR) is 79.2 cm³/mol. The molecule has 2 aromatic rings. The summed E-state index contributed by atoms with van der Waals surface area (Å²) in [6.07, 6.45) is 3.13. The third-order valence-electron chi connectivity index (χ3n) is 2.88. The maximum Gasteiger partial charge on any atom is 0.151 e. The van der Waals surface area contributed by atoms with Crippen molar-refractivity contribution in [1.82, 2.24) is 9.97 Å². The Hall–Kier alpha value is -1.81. The normalized spacial score (nSPS) is 10.7. The van der Waals surface area contributed by atoms with E-state index in [1.165, 1.54) is 6.33 Å². The lowest BCUT2D eigenvalue weighted by molar-refractivity contribution is 0.671. The van der Waals surface area contributed by atoms with Crippen molar-refractivity contribution in [1.29, 1.82) is 0 Å². The van der Waals surface area contributed by atoms with E-state index in [4.69, 9.17) is 17.3 Å². The summed E-state index contributed by atoms with van der Waals surface area (Å²) < 4.78 is 0. The van der Waals surface area contributed by atoms with Gasteiger partial charge in [0.15, 0.2) is 5.82 Å². The Bertz CT molecular complexity index is 539. The van der Waals surface area contributed by atoms with E-state index >= 15 is 0 Å². The van der Waals surface area contributed by atoms with Crippen molar-refractivity contribution in [2.24, 2.45) is 0 Å². The minimum Gasteiger partial charge on any atom is -0.399 e. The lowest BCUT2D eigenvalue weighted by atomic mass is 10.1. The molecule has 1 heterocycles. The topological polar surface area (TPSA) is 55.0 Å². The molecule has 0 amide bonds. The number of hydrogen-bond donors (Lipinski definition) is 1. The number of nitrogen functional groups attached to an aromatic ring is 1. The molecule has 2 N–H and O–H groups in total. The van der Waals surface area contributed by atoms with E-state index in [2.05, 4.69) is 28.7 Å². The van der Waals surface area contributed by atoms with Gasteiger partial charge < -0.3 is 10.6 Å². The van der Waals surface area contributed by atoms with E-state index < -0.39 is 0 Å². The van der Waals surface area contributed by atoms with Crippen molar-refractivity contribution in [3.8, 4) is 0 Å². The second-order valence-corrected chi connectivity index (χ2v) is 5.06. The zero-order chi connectivity index (χ0) is 13.8. The van der Waals surface area contributed by atoms with Crippen LogP contribution in [0.4, 0.5) is 11.5 Å². The van der Waals surface area contributed by atoms with E-state index in [-0.39, 0.29) is 6.04 Å². The highest BCUT2D eigenvalue weighted by Gasteiger charge is 2.15. The van der Waals surface area contributed by atoms with E-state index in [1.807, 2.05) is 24.3 Å². The lowest BCUT2D eigenvalue weighted by Gasteiger charge is -2.28. The van der Waals surface area contributed by atoms with Crippen LogP contribution in [0.15, 0.2) is 36.8 Å². The molecule has 19 heavy (non-hydrogen) atoms. The fourth-order valence-electron chi connectivity index (χ4n) is 1.84. The number of nitrogens with two attached hydrogens (primary N) is 1. The number of anilines is 2. The van der Waals surface area contributed by atoms with Gasteiger partial charge in [0, 0.05) is 18.3 Å². The summed E-state index contributed by atoms with van der Waals surface area (Å²) in [5.74, 6) is 0.753. The van der Waals surface area contributed by atoms with Crippen LogP contribution < -0.4 is 10.6 Å². The van der Waals surface area contributed by atoms with Crippen LogP contribution in [0.2, 0.25) is 5.02 Å². The Balaban J connectivity index is 2.27. The Morgan fingerprint density at radius 1 is 1.26 bits per heavy atom. The number of halogens is 1. The Morgan fingerprint density at radius 3 is 2.53 bits per heavy atom. The van der Waals surface area contributed by atoms with Gasteiger partial charge >= 0.3 is 0 Å². The standard InChI is InChI=1S/C14H17ClN4/c1-10(2)19(14-13(15)7-17-9-18-14)8-11-3-5-12(16)6-4-11/h3-7,9-10H,8,16H2,1-2H3. The third-order valence-corrected chi connectivity index (χ3v) is 3.14. The molecule has 0 aliphatic carbocycles. The minimum atomic E-state index is 0.282. The van der Waals surface area contributed by atoms with Crippen LogP contribution in [0, 0.1) is 0 Å². The molecular formula is C14H17ClN4. The van der Waals surface area contributed by atoms with Crippen molar-refractivity contribution in [3.05, 3.63) is 47.4 Å². The van der Waals surface area contributed by atoms with Gasteiger partial charge in [-0.3, -0.25) is 0 Å². The van der Waals surface area contributed by atoms with Crippen LogP contribution in [0.5, 0.6) is 0 Å². The molecule has 5 heteroatoms. The quantitative estimate of drug-likeness (QED) is 0.872. The van der Waals surface area contributed by atoms with Gasteiger partial charge in [-0.1, -0.05) is 23.7 Å². The molecule has 1 aromatic carbocycles. The second-order valence-electron chi connectivity index (χ2n) is 4.66. The van der Waals surface area contributed by atoms with Crippen LogP contribution >= 0.6 is 11.6 Å². The van der Waals surface area contributed by atoms with Gasteiger partial charge in [0.05, 0.1) is 6.20 Å². The van der Waals surface area contributed by atoms with E-state index in [0.29, 0.717) is 5.02 Å². The monoisotopic (exact) mass is 276 g/mol. The van der Waals surface area contributed by atoms with Crippen molar-refractivity contribution in [3.63, 3.8) is 0 Å². The molecule has 0 bridgehead atoms. The first-order valence-corrected chi connectivity index (χ1v) is 6.52. The molecule has 0 unspecified atom stereocenters. The largest absolute Gasteiger partial charge is 0.399 e. The van der Waals surface area contributed by atoms with E-state index in [0.717, 1.165) is 23.6 Å². The van der Waals surface area contributed by atoms with Crippen LogP contribution in [-0.4, -0.2) is 16.0 Å². The third kappa shape index (κ3) is 3.35. The summed E-state index contributed by atoms with van der Waals surface area (Å²) in [6, 6.07) is 8.11. The molecule has 0 spiro atoms. The molecule has 100 valence electrons. The molecule has 0 radical (unpaired) electrons. The second kappa shape index (κ2) is 5.89. The number of rotatable bonds is 4. The summed E-state index contributed by atoms with van der Waals surface area (Å²) in [7, 11) is 0. The fraction of sp³-hybridized carbons (Fsp3) is 0.286. The molecule has 1 aromatic heterocycles. The summed E-state index contributed by atoms with van der Waals surface area (Å²) in [6.45, 7) is 4.94. The highest BCUT2D eigenvalue weighted by atomic mass is 35.5. The molecule has 0 saturated carbocycles. The molecule has 0 fully saturated rings. The first-order valence-electron chi connectivity index (χ1n) is 6.14. The molecule has 4 nitrogen and oxygen atoms in total. The maximum atomic E-state index is 6.17. The predicted octanol–water partition coefficient (Wildman–Crippen LogP) is 3.13. The SMILES string of the molecule is CC(C)N(Cc1ccc(N)cc1)c1ncncc1Cl. The molecule has 2 rings (SSSR count). The number of aromatic nitrogens is 2. The van der Waals surface area contributed by atoms with Gasteiger partial charge in [0.25, 0.3) is 0 Å². The van der Waals surface area contributed by atoms with Gasteiger partial charge in [0.1, 0.15) is 11.3 Å². The molecule has 0 atom stereocenters. The maximum absolute atomic E-state index is 6.17. The van der Waals surface area contributed by atoms with E-state index in [1.54, 1.807) is 6.20 Å². The first kappa shape index (κ1) is 13.6. The summed E-state index contributed by atoms with van der Waals surface area (Å²) in [5, 5.41) is 0.562. The van der Waals surface area contributed by atoms with Gasteiger partial charge in [-0.2, -0.15) is 0 Å².